The molecule has 148 valence electrons. The molecule has 1 aliphatic rings. The summed E-state index contributed by atoms with van der Waals surface area (Å²) < 4.78 is 5.47. The number of guanidine groups is 1. The fraction of sp³-hybridized carbons (Fsp3) is 0.650. The molecule has 1 aromatic carbocycles. The monoisotopic (exact) mass is 474 g/mol. The van der Waals surface area contributed by atoms with Gasteiger partial charge >= 0.3 is 0 Å². The van der Waals surface area contributed by atoms with Crippen LogP contribution in [0.2, 0.25) is 0 Å². The Kier molecular flexibility index (Phi) is 9.89. The summed E-state index contributed by atoms with van der Waals surface area (Å²) in [6.45, 7) is 17.0. The van der Waals surface area contributed by atoms with Gasteiger partial charge in [0, 0.05) is 31.7 Å². The molecule has 1 heterocycles. The smallest absolute Gasteiger partial charge is 0.191 e. The fourth-order valence-electron chi connectivity index (χ4n) is 3.11. The second-order valence-electron chi connectivity index (χ2n) is 7.39. The molecule has 0 bridgehead atoms. The van der Waals surface area contributed by atoms with Gasteiger partial charge in [-0.3, -0.25) is 4.90 Å². The second-order valence-corrected chi connectivity index (χ2v) is 7.39. The van der Waals surface area contributed by atoms with Gasteiger partial charge in [-0.25, -0.2) is 4.99 Å². The minimum Gasteiger partial charge on any atom is -0.379 e. The molecule has 2 N–H and O–H groups in total. The third-order valence-corrected chi connectivity index (χ3v) is 4.81. The molecule has 26 heavy (non-hydrogen) atoms. The van der Waals surface area contributed by atoms with E-state index in [1.807, 2.05) is 0 Å². The van der Waals surface area contributed by atoms with E-state index in [1.165, 1.54) is 16.7 Å². The predicted molar refractivity (Wildman–Crippen MR) is 121 cm³/mol. The molecule has 1 aromatic rings. The highest BCUT2D eigenvalue weighted by Gasteiger charge is 2.28. The van der Waals surface area contributed by atoms with E-state index in [0.29, 0.717) is 6.54 Å². The third-order valence-electron chi connectivity index (χ3n) is 4.81. The van der Waals surface area contributed by atoms with Crippen LogP contribution in [-0.2, 0) is 11.3 Å². The summed E-state index contributed by atoms with van der Waals surface area (Å²) in [6, 6.07) is 6.54. The van der Waals surface area contributed by atoms with Crippen LogP contribution in [-0.4, -0.2) is 55.8 Å². The largest absolute Gasteiger partial charge is 0.379 e. The number of nitrogens with zero attached hydrogens (tertiary/aromatic N) is 2. The Balaban J connectivity index is 0.00000338. The third kappa shape index (κ3) is 7.04. The standard InChI is InChI=1S/C20H34N4O.HI/c1-6-21-19(22-14-18-8-7-16(2)13-17(18)3)23-15-20(4,5)24-9-11-25-12-10-24;/h7-8,13H,6,9-12,14-15H2,1-5H3,(H2,21,22,23);1H. The lowest BCUT2D eigenvalue weighted by Crippen LogP contribution is -2.56. The quantitative estimate of drug-likeness (QED) is 0.378. The van der Waals surface area contributed by atoms with Crippen molar-refractivity contribution in [1.82, 2.24) is 15.5 Å². The highest BCUT2D eigenvalue weighted by atomic mass is 127. The summed E-state index contributed by atoms with van der Waals surface area (Å²) in [4.78, 5) is 7.26. The Hall–Kier alpha value is -0.860. The Labute approximate surface area is 176 Å². The SMILES string of the molecule is CCNC(=NCc1ccc(C)cc1C)NCC(C)(C)N1CCOCC1.I. The molecule has 6 heteroatoms. The molecule has 0 saturated carbocycles. The maximum Gasteiger partial charge on any atom is 0.191 e. The number of morpholine rings is 1. The maximum atomic E-state index is 5.47. The summed E-state index contributed by atoms with van der Waals surface area (Å²) in [6.07, 6.45) is 0. The van der Waals surface area contributed by atoms with E-state index in [9.17, 15) is 0 Å². The summed E-state index contributed by atoms with van der Waals surface area (Å²) in [7, 11) is 0. The van der Waals surface area contributed by atoms with Crippen molar-refractivity contribution in [3.63, 3.8) is 0 Å². The van der Waals surface area contributed by atoms with E-state index in [-0.39, 0.29) is 29.5 Å². The van der Waals surface area contributed by atoms with Gasteiger partial charge in [0.2, 0.25) is 0 Å². The van der Waals surface area contributed by atoms with Crippen molar-refractivity contribution in [2.75, 3.05) is 39.4 Å². The zero-order chi connectivity index (χ0) is 18.3. The number of aryl methyl sites for hydroxylation is 2. The second kappa shape index (κ2) is 11.1. The van der Waals surface area contributed by atoms with E-state index in [4.69, 9.17) is 9.73 Å². The average molecular weight is 474 g/mol. The Morgan fingerprint density at radius 3 is 2.50 bits per heavy atom. The van der Waals surface area contributed by atoms with Gasteiger partial charge in [-0.05, 0) is 45.7 Å². The first-order valence-electron chi connectivity index (χ1n) is 9.33. The number of rotatable bonds is 6. The average Bonchev–Trinajstić information content (AvgIpc) is 2.59. The first-order chi connectivity index (χ1) is 11.9. The number of hydrogen-bond acceptors (Lipinski definition) is 3. The van der Waals surface area contributed by atoms with E-state index >= 15 is 0 Å². The number of ether oxygens (including phenoxy) is 1. The minimum atomic E-state index is 0. The van der Waals surface area contributed by atoms with Gasteiger partial charge in [0.15, 0.2) is 5.96 Å². The molecule has 0 atom stereocenters. The molecule has 5 nitrogen and oxygen atoms in total. The molecule has 0 aliphatic carbocycles. The molecule has 0 unspecified atom stereocenters. The van der Waals surface area contributed by atoms with Crippen molar-refractivity contribution >= 4 is 29.9 Å². The van der Waals surface area contributed by atoms with Crippen LogP contribution in [0.5, 0.6) is 0 Å². The van der Waals surface area contributed by atoms with E-state index in [1.54, 1.807) is 0 Å². The number of halogens is 1. The molecule has 2 rings (SSSR count). The molecular formula is C20H35IN4O. The van der Waals surface area contributed by atoms with Crippen LogP contribution in [0.15, 0.2) is 23.2 Å². The molecule has 0 aromatic heterocycles. The Bertz CT molecular complexity index is 583. The van der Waals surface area contributed by atoms with Gasteiger partial charge in [-0.1, -0.05) is 23.8 Å². The van der Waals surface area contributed by atoms with E-state index in [2.05, 4.69) is 68.4 Å². The maximum absolute atomic E-state index is 5.47. The fourth-order valence-corrected chi connectivity index (χ4v) is 3.11. The number of aliphatic imine (C=N–C) groups is 1. The van der Waals surface area contributed by atoms with Gasteiger partial charge in [0.05, 0.1) is 19.8 Å². The number of benzene rings is 1. The van der Waals surface area contributed by atoms with Crippen LogP contribution in [0.3, 0.4) is 0 Å². The van der Waals surface area contributed by atoms with Crippen LogP contribution in [0.4, 0.5) is 0 Å². The van der Waals surface area contributed by atoms with Crippen molar-refractivity contribution in [3.8, 4) is 0 Å². The normalized spacial score (nSPS) is 16.1. The molecule has 0 radical (unpaired) electrons. The molecule has 1 saturated heterocycles. The zero-order valence-corrected chi connectivity index (χ0v) is 19.2. The first kappa shape index (κ1) is 23.2. The highest BCUT2D eigenvalue weighted by Crippen LogP contribution is 2.15. The Morgan fingerprint density at radius 1 is 1.19 bits per heavy atom. The zero-order valence-electron chi connectivity index (χ0n) is 16.9. The lowest BCUT2D eigenvalue weighted by Gasteiger charge is -2.41. The van der Waals surface area contributed by atoms with Gasteiger partial charge in [-0.2, -0.15) is 0 Å². The predicted octanol–water partition coefficient (Wildman–Crippen LogP) is 3.09. The number of nitrogens with one attached hydrogen (secondary N) is 2. The molecule has 0 amide bonds. The highest BCUT2D eigenvalue weighted by molar-refractivity contribution is 14.0. The lowest BCUT2D eigenvalue weighted by molar-refractivity contribution is -0.00834. The van der Waals surface area contributed by atoms with E-state index in [0.717, 1.165) is 45.4 Å². The minimum absolute atomic E-state index is 0. The van der Waals surface area contributed by atoms with Crippen LogP contribution in [0.25, 0.3) is 0 Å². The summed E-state index contributed by atoms with van der Waals surface area (Å²) in [5.41, 5.74) is 3.94. The summed E-state index contributed by atoms with van der Waals surface area (Å²) in [5.74, 6) is 0.879. The van der Waals surface area contributed by atoms with Crippen LogP contribution in [0.1, 0.15) is 37.5 Å². The first-order valence-corrected chi connectivity index (χ1v) is 9.33. The molecular weight excluding hydrogens is 439 g/mol. The van der Waals surface area contributed by atoms with Crippen molar-refractivity contribution in [2.24, 2.45) is 4.99 Å². The van der Waals surface area contributed by atoms with Gasteiger partial charge in [0.25, 0.3) is 0 Å². The van der Waals surface area contributed by atoms with Crippen molar-refractivity contribution < 1.29 is 4.74 Å². The number of hydrogen-bond donors (Lipinski definition) is 2. The van der Waals surface area contributed by atoms with Crippen molar-refractivity contribution in [1.29, 1.82) is 0 Å². The summed E-state index contributed by atoms with van der Waals surface area (Å²) >= 11 is 0. The lowest BCUT2D eigenvalue weighted by atomic mass is 10.0. The van der Waals surface area contributed by atoms with Gasteiger partial charge < -0.3 is 15.4 Å². The molecule has 1 fully saturated rings. The van der Waals surface area contributed by atoms with Crippen molar-refractivity contribution in [3.05, 3.63) is 34.9 Å². The van der Waals surface area contributed by atoms with Crippen LogP contribution in [0, 0.1) is 13.8 Å². The van der Waals surface area contributed by atoms with Crippen LogP contribution < -0.4 is 10.6 Å². The van der Waals surface area contributed by atoms with Crippen molar-refractivity contribution in [2.45, 2.75) is 46.7 Å². The van der Waals surface area contributed by atoms with Crippen LogP contribution >= 0.6 is 24.0 Å². The topological polar surface area (TPSA) is 48.9 Å². The molecule has 0 spiro atoms. The van der Waals surface area contributed by atoms with Gasteiger partial charge in [-0.15, -0.1) is 24.0 Å². The van der Waals surface area contributed by atoms with Gasteiger partial charge in [0.1, 0.15) is 0 Å². The summed E-state index contributed by atoms with van der Waals surface area (Å²) in [5, 5.41) is 6.87. The van der Waals surface area contributed by atoms with E-state index < -0.39 is 0 Å². The Morgan fingerprint density at radius 2 is 1.88 bits per heavy atom. The molecule has 1 aliphatic heterocycles.